The van der Waals surface area contributed by atoms with Gasteiger partial charge in [-0.2, -0.15) is 0 Å². The Hall–Kier alpha value is -2.98. The first-order chi connectivity index (χ1) is 18.8. The first-order valence-corrected chi connectivity index (χ1v) is 15.7. The predicted octanol–water partition coefficient (Wildman–Crippen LogP) is 6.23. The van der Waals surface area contributed by atoms with Crippen LogP contribution in [-0.2, 0) is 21.2 Å². The molecule has 3 heterocycles. The van der Waals surface area contributed by atoms with E-state index in [1.165, 1.54) is 27.8 Å². The minimum absolute atomic E-state index is 0.0792. The molecule has 10 heteroatoms. The third-order valence-electron chi connectivity index (χ3n) is 7.28. The Morgan fingerprint density at radius 1 is 1.15 bits per heavy atom. The van der Waals surface area contributed by atoms with E-state index in [0.29, 0.717) is 35.4 Å². The quantitative estimate of drug-likeness (QED) is 0.270. The molecule has 0 bridgehead atoms. The molecule has 1 amide bonds. The van der Waals surface area contributed by atoms with Gasteiger partial charge < -0.3 is 4.74 Å². The van der Waals surface area contributed by atoms with Crippen molar-refractivity contribution in [2.24, 2.45) is 0 Å². The fourth-order valence-electron chi connectivity index (χ4n) is 5.30. The van der Waals surface area contributed by atoms with Crippen molar-refractivity contribution in [1.82, 2.24) is 4.98 Å². The molecular formula is C29H28ClN3O4S2. The maximum atomic E-state index is 13.8. The Balaban J connectivity index is 1.31. The average molecular weight is 582 g/mol. The number of nitrogens with zero attached hydrogens (tertiary/aromatic N) is 3. The Morgan fingerprint density at radius 3 is 2.72 bits per heavy atom. The summed E-state index contributed by atoms with van der Waals surface area (Å²) < 4.78 is 35.4. The summed E-state index contributed by atoms with van der Waals surface area (Å²) in [7, 11) is -3.77. The summed E-state index contributed by atoms with van der Waals surface area (Å²) in [5.74, 6) is -0.249. The van der Waals surface area contributed by atoms with Crippen LogP contribution in [-0.4, -0.2) is 45.1 Å². The van der Waals surface area contributed by atoms with E-state index in [9.17, 15) is 13.2 Å². The number of rotatable bonds is 6. The molecule has 2 aliphatic heterocycles. The molecule has 1 atom stereocenters. The molecule has 1 unspecified atom stereocenters. The number of thiazole rings is 1. The standard InChI is InChI=1S/C29H28ClN3O4S2/c1-19-16-22(30)17-26-27(19)31-29(38-26)32(18-23-8-5-15-37-23)28(34)21-10-12-24(13-11-21)39(35,36)33-14-4-7-20-6-2-3-9-25(20)33/h2-3,6,9-13,16-17,23H,4-5,7-8,14-15,18H2,1H3. The monoisotopic (exact) mass is 581 g/mol. The molecule has 6 rings (SSSR count). The summed E-state index contributed by atoms with van der Waals surface area (Å²) >= 11 is 7.68. The fourth-order valence-corrected chi connectivity index (χ4v) is 8.27. The van der Waals surface area contributed by atoms with Gasteiger partial charge in [-0.15, -0.1) is 0 Å². The van der Waals surface area contributed by atoms with Crippen molar-refractivity contribution in [1.29, 1.82) is 0 Å². The van der Waals surface area contributed by atoms with Crippen LogP contribution in [0.15, 0.2) is 65.6 Å². The van der Waals surface area contributed by atoms with Crippen molar-refractivity contribution in [2.75, 3.05) is 28.9 Å². The van der Waals surface area contributed by atoms with E-state index >= 15 is 0 Å². The highest BCUT2D eigenvalue weighted by molar-refractivity contribution is 7.92. The zero-order valence-corrected chi connectivity index (χ0v) is 23.9. The van der Waals surface area contributed by atoms with E-state index in [0.717, 1.165) is 52.7 Å². The molecule has 0 spiro atoms. The molecule has 7 nitrogen and oxygen atoms in total. The van der Waals surface area contributed by atoms with Gasteiger partial charge in [-0.05, 0) is 86.2 Å². The minimum atomic E-state index is -3.77. The third-order valence-corrected chi connectivity index (χ3v) is 10.4. The summed E-state index contributed by atoms with van der Waals surface area (Å²) in [6.07, 6.45) is 3.36. The molecule has 0 saturated carbocycles. The van der Waals surface area contributed by atoms with E-state index in [-0.39, 0.29) is 16.9 Å². The van der Waals surface area contributed by atoms with Crippen molar-refractivity contribution >= 4 is 59.9 Å². The van der Waals surface area contributed by atoms with Gasteiger partial charge in [0.1, 0.15) is 0 Å². The number of hydrogen-bond donors (Lipinski definition) is 0. The van der Waals surface area contributed by atoms with Crippen molar-refractivity contribution in [3.05, 3.63) is 82.4 Å². The topological polar surface area (TPSA) is 79.8 Å². The van der Waals surface area contributed by atoms with Gasteiger partial charge in [-0.3, -0.25) is 14.0 Å². The summed E-state index contributed by atoms with van der Waals surface area (Å²) in [6, 6.07) is 17.5. The molecule has 0 aliphatic carbocycles. The van der Waals surface area contributed by atoms with Gasteiger partial charge in [0.05, 0.1) is 33.4 Å². The van der Waals surface area contributed by atoms with Crippen molar-refractivity contribution in [3.63, 3.8) is 0 Å². The molecule has 202 valence electrons. The van der Waals surface area contributed by atoms with Gasteiger partial charge in [0, 0.05) is 23.7 Å². The number of carbonyl (C=O) groups is 1. The molecule has 1 fully saturated rings. The Morgan fingerprint density at radius 2 is 1.95 bits per heavy atom. The second-order valence-corrected chi connectivity index (χ2v) is 13.3. The number of carbonyl (C=O) groups excluding carboxylic acids is 1. The van der Waals surface area contributed by atoms with Crippen LogP contribution in [0.5, 0.6) is 0 Å². The summed E-state index contributed by atoms with van der Waals surface area (Å²) in [5, 5.41) is 1.19. The molecule has 0 radical (unpaired) electrons. The van der Waals surface area contributed by atoms with Crippen LogP contribution in [0.4, 0.5) is 10.8 Å². The Bertz CT molecular complexity index is 1650. The molecule has 0 N–H and O–H groups in total. The predicted molar refractivity (Wildman–Crippen MR) is 156 cm³/mol. The SMILES string of the molecule is Cc1cc(Cl)cc2sc(N(CC3CCCO3)C(=O)c3ccc(S(=O)(=O)N4CCCc5ccccc54)cc3)nc12. The van der Waals surface area contributed by atoms with Crippen molar-refractivity contribution in [2.45, 2.75) is 43.6 Å². The van der Waals surface area contributed by atoms with Crippen LogP contribution in [0.2, 0.25) is 5.02 Å². The minimum Gasteiger partial charge on any atom is -0.376 e. The lowest BCUT2D eigenvalue weighted by atomic mass is 10.0. The number of fused-ring (bicyclic) bond motifs is 2. The lowest BCUT2D eigenvalue weighted by molar-refractivity contribution is 0.0917. The third kappa shape index (κ3) is 5.04. The first kappa shape index (κ1) is 26.3. The van der Waals surface area contributed by atoms with E-state index in [2.05, 4.69) is 0 Å². The largest absolute Gasteiger partial charge is 0.376 e. The normalized spacial score (nSPS) is 17.4. The molecule has 4 aromatic rings. The average Bonchev–Trinajstić information content (AvgIpc) is 3.61. The van der Waals surface area contributed by atoms with Gasteiger partial charge in [-0.1, -0.05) is 41.1 Å². The van der Waals surface area contributed by atoms with E-state index in [1.54, 1.807) is 17.0 Å². The lowest BCUT2D eigenvalue weighted by Crippen LogP contribution is -2.37. The van der Waals surface area contributed by atoms with E-state index < -0.39 is 10.0 Å². The van der Waals surface area contributed by atoms with Crippen molar-refractivity contribution in [3.8, 4) is 0 Å². The molecule has 2 aliphatic rings. The van der Waals surface area contributed by atoms with Gasteiger partial charge >= 0.3 is 0 Å². The number of aromatic nitrogens is 1. The second kappa shape index (κ2) is 10.5. The summed E-state index contributed by atoms with van der Waals surface area (Å²) in [4.78, 5) is 20.4. The van der Waals surface area contributed by atoms with E-state index in [1.807, 2.05) is 43.3 Å². The summed E-state index contributed by atoms with van der Waals surface area (Å²) in [5.41, 5.74) is 3.89. The fraction of sp³-hybridized carbons (Fsp3) is 0.310. The number of benzene rings is 3. The van der Waals surface area contributed by atoms with Gasteiger partial charge in [-0.25, -0.2) is 13.4 Å². The highest BCUT2D eigenvalue weighted by Gasteiger charge is 2.31. The smallest absolute Gasteiger partial charge is 0.264 e. The van der Waals surface area contributed by atoms with Crippen LogP contribution in [0.25, 0.3) is 10.2 Å². The maximum absolute atomic E-state index is 13.8. The van der Waals surface area contributed by atoms with E-state index in [4.69, 9.17) is 21.3 Å². The molecule has 1 saturated heterocycles. The Kier molecular flexibility index (Phi) is 7.09. The van der Waals surface area contributed by atoms with Crippen LogP contribution in [0, 0.1) is 6.92 Å². The number of para-hydroxylation sites is 1. The number of aryl methyl sites for hydroxylation is 2. The second-order valence-electron chi connectivity index (χ2n) is 9.95. The zero-order chi connectivity index (χ0) is 27.1. The number of hydrogen-bond acceptors (Lipinski definition) is 6. The van der Waals surface area contributed by atoms with Gasteiger partial charge in [0.15, 0.2) is 5.13 Å². The summed E-state index contributed by atoms with van der Waals surface area (Å²) in [6.45, 7) is 3.42. The molecular weight excluding hydrogens is 554 g/mol. The van der Waals surface area contributed by atoms with Crippen molar-refractivity contribution < 1.29 is 17.9 Å². The number of anilines is 2. The van der Waals surface area contributed by atoms with Gasteiger partial charge in [0.25, 0.3) is 15.9 Å². The van der Waals surface area contributed by atoms with Crippen LogP contribution < -0.4 is 9.21 Å². The highest BCUT2D eigenvalue weighted by Crippen LogP contribution is 2.35. The van der Waals surface area contributed by atoms with Crippen LogP contribution in [0.1, 0.15) is 40.7 Å². The number of sulfonamides is 1. The highest BCUT2D eigenvalue weighted by atomic mass is 35.5. The van der Waals surface area contributed by atoms with Crippen LogP contribution >= 0.6 is 22.9 Å². The molecule has 3 aromatic carbocycles. The van der Waals surface area contributed by atoms with Crippen LogP contribution in [0.3, 0.4) is 0 Å². The first-order valence-electron chi connectivity index (χ1n) is 13.0. The lowest BCUT2D eigenvalue weighted by Gasteiger charge is -2.30. The maximum Gasteiger partial charge on any atom is 0.264 e. The Labute approximate surface area is 237 Å². The van der Waals surface area contributed by atoms with Gasteiger partial charge in [0.2, 0.25) is 0 Å². The molecule has 39 heavy (non-hydrogen) atoms. The molecule has 1 aromatic heterocycles. The number of halogens is 1. The number of amides is 1. The number of ether oxygens (including phenoxy) is 1. The zero-order valence-electron chi connectivity index (χ0n) is 21.5.